The van der Waals surface area contributed by atoms with Gasteiger partial charge in [-0.25, -0.2) is 0 Å². The lowest BCUT2D eigenvalue weighted by Crippen LogP contribution is -2.40. The zero-order chi connectivity index (χ0) is 12.0. The Balaban J connectivity index is 2.58. The molecule has 0 amide bonds. The Labute approximate surface area is 99.5 Å². The van der Waals surface area contributed by atoms with E-state index in [9.17, 15) is 0 Å². The van der Waals surface area contributed by atoms with Crippen LogP contribution >= 0.6 is 0 Å². The average Bonchev–Trinajstić information content (AvgIpc) is 2.29. The summed E-state index contributed by atoms with van der Waals surface area (Å²) in [6.45, 7) is 8.57. The topological polar surface area (TPSA) is 29.3 Å². The maximum atomic E-state index is 6.02. The van der Waals surface area contributed by atoms with Crippen molar-refractivity contribution < 1.29 is 0 Å². The molecule has 1 atom stereocenters. The van der Waals surface area contributed by atoms with Gasteiger partial charge in [-0.1, -0.05) is 37.3 Å². The molecule has 0 radical (unpaired) electrons. The van der Waals surface area contributed by atoms with Gasteiger partial charge in [-0.15, -0.1) is 0 Å². The standard InChI is InChI=1S/C14H24N2/c1-4-14(15)11-16(12(2)3)10-13-8-6-5-7-9-13/h5-9,12,14H,4,10-11,15H2,1-3H3. The van der Waals surface area contributed by atoms with E-state index in [2.05, 4.69) is 56.0 Å². The summed E-state index contributed by atoms with van der Waals surface area (Å²) >= 11 is 0. The smallest absolute Gasteiger partial charge is 0.0237 e. The van der Waals surface area contributed by atoms with E-state index in [0.29, 0.717) is 6.04 Å². The van der Waals surface area contributed by atoms with E-state index < -0.39 is 0 Å². The van der Waals surface area contributed by atoms with Gasteiger partial charge >= 0.3 is 0 Å². The zero-order valence-electron chi connectivity index (χ0n) is 10.7. The van der Waals surface area contributed by atoms with Crippen molar-refractivity contribution in [1.29, 1.82) is 0 Å². The molecule has 2 heteroatoms. The van der Waals surface area contributed by atoms with Crippen molar-refractivity contribution in [3.8, 4) is 0 Å². The van der Waals surface area contributed by atoms with Gasteiger partial charge in [0.15, 0.2) is 0 Å². The van der Waals surface area contributed by atoms with E-state index in [1.165, 1.54) is 5.56 Å². The monoisotopic (exact) mass is 220 g/mol. The van der Waals surface area contributed by atoms with E-state index >= 15 is 0 Å². The van der Waals surface area contributed by atoms with Crippen molar-refractivity contribution in [3.05, 3.63) is 35.9 Å². The van der Waals surface area contributed by atoms with Crippen molar-refractivity contribution in [2.24, 2.45) is 5.73 Å². The molecule has 0 heterocycles. The first-order valence-corrected chi connectivity index (χ1v) is 6.17. The van der Waals surface area contributed by atoms with Gasteiger partial charge in [0, 0.05) is 25.2 Å². The maximum Gasteiger partial charge on any atom is 0.0237 e. The third-order valence-electron chi connectivity index (χ3n) is 2.95. The second-order valence-corrected chi connectivity index (χ2v) is 4.68. The van der Waals surface area contributed by atoms with Gasteiger partial charge in [0.05, 0.1) is 0 Å². The highest BCUT2D eigenvalue weighted by Crippen LogP contribution is 2.09. The minimum absolute atomic E-state index is 0.283. The first kappa shape index (κ1) is 13.2. The summed E-state index contributed by atoms with van der Waals surface area (Å²) in [5, 5.41) is 0. The highest BCUT2D eigenvalue weighted by molar-refractivity contribution is 5.14. The van der Waals surface area contributed by atoms with Crippen LogP contribution in [-0.4, -0.2) is 23.5 Å². The Morgan fingerprint density at radius 3 is 2.31 bits per heavy atom. The van der Waals surface area contributed by atoms with E-state index in [1.54, 1.807) is 0 Å². The van der Waals surface area contributed by atoms with E-state index in [4.69, 9.17) is 5.73 Å². The quantitative estimate of drug-likeness (QED) is 0.798. The molecule has 0 saturated carbocycles. The van der Waals surface area contributed by atoms with Gasteiger partial charge in [0.2, 0.25) is 0 Å². The molecule has 0 bridgehead atoms. The van der Waals surface area contributed by atoms with Crippen LogP contribution in [0.5, 0.6) is 0 Å². The molecule has 0 aliphatic carbocycles. The van der Waals surface area contributed by atoms with Gasteiger partial charge in [-0.3, -0.25) is 4.90 Å². The van der Waals surface area contributed by atoms with Crippen LogP contribution in [0, 0.1) is 0 Å². The molecule has 0 fully saturated rings. The van der Waals surface area contributed by atoms with E-state index in [-0.39, 0.29) is 6.04 Å². The molecule has 16 heavy (non-hydrogen) atoms. The minimum Gasteiger partial charge on any atom is -0.327 e. The Bertz CT molecular complexity index is 282. The van der Waals surface area contributed by atoms with Crippen LogP contribution in [-0.2, 0) is 6.54 Å². The summed E-state index contributed by atoms with van der Waals surface area (Å²) in [7, 11) is 0. The molecule has 1 aromatic rings. The molecule has 1 rings (SSSR count). The number of nitrogens with two attached hydrogens (primary N) is 1. The van der Waals surface area contributed by atoms with Crippen molar-refractivity contribution in [1.82, 2.24) is 4.90 Å². The molecule has 1 aromatic carbocycles. The van der Waals surface area contributed by atoms with Crippen molar-refractivity contribution in [3.63, 3.8) is 0 Å². The SMILES string of the molecule is CCC(N)CN(Cc1ccccc1)C(C)C. The fraction of sp³-hybridized carbons (Fsp3) is 0.571. The molecule has 0 spiro atoms. The van der Waals surface area contributed by atoms with E-state index in [1.807, 2.05) is 0 Å². The summed E-state index contributed by atoms with van der Waals surface area (Å²) in [5.74, 6) is 0. The fourth-order valence-corrected chi connectivity index (χ4v) is 1.71. The van der Waals surface area contributed by atoms with Crippen LogP contribution in [0.15, 0.2) is 30.3 Å². The van der Waals surface area contributed by atoms with Crippen LogP contribution in [0.25, 0.3) is 0 Å². The summed E-state index contributed by atoms with van der Waals surface area (Å²) < 4.78 is 0. The molecule has 1 unspecified atom stereocenters. The van der Waals surface area contributed by atoms with Crippen LogP contribution in [0.2, 0.25) is 0 Å². The first-order chi connectivity index (χ1) is 7.63. The molecule has 2 N–H and O–H groups in total. The minimum atomic E-state index is 0.283. The predicted octanol–water partition coefficient (Wildman–Crippen LogP) is 2.63. The zero-order valence-corrected chi connectivity index (χ0v) is 10.7. The van der Waals surface area contributed by atoms with Gasteiger partial charge in [-0.2, -0.15) is 0 Å². The van der Waals surface area contributed by atoms with Gasteiger partial charge in [-0.05, 0) is 25.8 Å². The Kier molecular flexibility index (Phi) is 5.50. The molecule has 0 aliphatic heterocycles. The highest BCUT2D eigenvalue weighted by atomic mass is 15.2. The third-order valence-corrected chi connectivity index (χ3v) is 2.95. The summed E-state index contributed by atoms with van der Waals surface area (Å²) in [5.41, 5.74) is 7.38. The molecule has 90 valence electrons. The van der Waals surface area contributed by atoms with Crippen LogP contribution in [0.4, 0.5) is 0 Å². The van der Waals surface area contributed by atoms with Crippen molar-refractivity contribution in [2.75, 3.05) is 6.54 Å². The van der Waals surface area contributed by atoms with Crippen LogP contribution in [0.1, 0.15) is 32.8 Å². The summed E-state index contributed by atoms with van der Waals surface area (Å²) in [4.78, 5) is 2.43. The van der Waals surface area contributed by atoms with Gasteiger partial charge < -0.3 is 5.73 Å². The normalized spacial score (nSPS) is 13.4. The number of nitrogens with zero attached hydrogens (tertiary/aromatic N) is 1. The highest BCUT2D eigenvalue weighted by Gasteiger charge is 2.12. The van der Waals surface area contributed by atoms with E-state index in [0.717, 1.165) is 19.5 Å². The summed E-state index contributed by atoms with van der Waals surface area (Å²) in [6.07, 6.45) is 1.04. The molecular weight excluding hydrogens is 196 g/mol. The molecule has 0 aromatic heterocycles. The number of benzene rings is 1. The second-order valence-electron chi connectivity index (χ2n) is 4.68. The first-order valence-electron chi connectivity index (χ1n) is 6.17. The third kappa shape index (κ3) is 4.33. The second kappa shape index (κ2) is 6.66. The summed E-state index contributed by atoms with van der Waals surface area (Å²) in [6, 6.07) is 11.4. The van der Waals surface area contributed by atoms with Gasteiger partial charge in [0.25, 0.3) is 0 Å². The predicted molar refractivity (Wildman–Crippen MR) is 70.3 cm³/mol. The lowest BCUT2D eigenvalue weighted by Gasteiger charge is -2.29. The Morgan fingerprint density at radius 2 is 1.81 bits per heavy atom. The Hall–Kier alpha value is -0.860. The molecular formula is C14H24N2. The molecule has 2 nitrogen and oxygen atoms in total. The lowest BCUT2D eigenvalue weighted by atomic mass is 10.1. The van der Waals surface area contributed by atoms with Gasteiger partial charge in [0.1, 0.15) is 0 Å². The average molecular weight is 220 g/mol. The van der Waals surface area contributed by atoms with Crippen molar-refractivity contribution in [2.45, 2.75) is 45.8 Å². The van der Waals surface area contributed by atoms with Crippen LogP contribution < -0.4 is 5.73 Å². The lowest BCUT2D eigenvalue weighted by molar-refractivity contribution is 0.198. The number of hydrogen-bond acceptors (Lipinski definition) is 2. The number of hydrogen-bond donors (Lipinski definition) is 1. The number of rotatable bonds is 6. The Morgan fingerprint density at radius 1 is 1.19 bits per heavy atom. The van der Waals surface area contributed by atoms with Crippen LogP contribution in [0.3, 0.4) is 0 Å². The maximum absolute atomic E-state index is 6.02. The molecule has 0 aliphatic rings. The largest absolute Gasteiger partial charge is 0.327 e. The molecule has 0 saturated heterocycles. The van der Waals surface area contributed by atoms with Crippen molar-refractivity contribution >= 4 is 0 Å². The fourth-order valence-electron chi connectivity index (χ4n) is 1.71.